The van der Waals surface area contributed by atoms with E-state index >= 15 is 0 Å². The second kappa shape index (κ2) is 4.27. The molecule has 0 aromatic carbocycles. The Balaban J connectivity index is 1.99. The standard InChI is InChI=1S/C12H17FN2/c13-12(5-1-11(14)2-6-12)9-10-3-7-15-8-4-10/h3-4,7-8,11H,1-2,5-6,9,14H2. The molecule has 15 heavy (non-hydrogen) atoms. The van der Waals surface area contributed by atoms with Gasteiger partial charge in [0.2, 0.25) is 0 Å². The van der Waals surface area contributed by atoms with Crippen LogP contribution in [0.3, 0.4) is 0 Å². The average molecular weight is 208 g/mol. The Hall–Kier alpha value is -0.960. The number of hydrogen-bond donors (Lipinski definition) is 1. The van der Waals surface area contributed by atoms with Gasteiger partial charge in [-0.15, -0.1) is 0 Å². The molecule has 0 saturated heterocycles. The van der Waals surface area contributed by atoms with Crippen molar-refractivity contribution in [1.82, 2.24) is 4.98 Å². The fourth-order valence-electron chi connectivity index (χ4n) is 2.20. The zero-order valence-electron chi connectivity index (χ0n) is 8.82. The first kappa shape index (κ1) is 10.6. The highest BCUT2D eigenvalue weighted by Gasteiger charge is 2.34. The lowest BCUT2D eigenvalue weighted by atomic mass is 9.80. The van der Waals surface area contributed by atoms with Crippen LogP contribution >= 0.6 is 0 Å². The zero-order valence-corrected chi connectivity index (χ0v) is 8.82. The average Bonchev–Trinajstić information content (AvgIpc) is 2.24. The second-order valence-electron chi connectivity index (χ2n) is 4.52. The van der Waals surface area contributed by atoms with Crippen molar-refractivity contribution in [2.24, 2.45) is 5.73 Å². The Labute approximate surface area is 89.7 Å². The van der Waals surface area contributed by atoms with Gasteiger partial charge in [0, 0.05) is 24.9 Å². The van der Waals surface area contributed by atoms with E-state index in [1.165, 1.54) is 0 Å². The Kier molecular flexibility index (Phi) is 3.00. The first-order chi connectivity index (χ1) is 7.18. The first-order valence-electron chi connectivity index (χ1n) is 5.51. The van der Waals surface area contributed by atoms with Crippen LogP contribution in [0.4, 0.5) is 4.39 Å². The van der Waals surface area contributed by atoms with Crippen molar-refractivity contribution in [3.8, 4) is 0 Å². The molecule has 1 aromatic heterocycles. The molecule has 3 heteroatoms. The summed E-state index contributed by atoms with van der Waals surface area (Å²) in [7, 11) is 0. The number of nitrogens with two attached hydrogens (primary N) is 1. The third-order valence-corrected chi connectivity index (χ3v) is 3.20. The molecule has 0 amide bonds. The maximum absolute atomic E-state index is 14.4. The van der Waals surface area contributed by atoms with Gasteiger partial charge in [0.15, 0.2) is 0 Å². The Bertz CT molecular complexity index is 305. The van der Waals surface area contributed by atoms with Crippen LogP contribution < -0.4 is 5.73 Å². The van der Waals surface area contributed by atoms with E-state index in [4.69, 9.17) is 5.73 Å². The van der Waals surface area contributed by atoms with Crippen LogP contribution in [0, 0.1) is 0 Å². The third-order valence-electron chi connectivity index (χ3n) is 3.20. The first-order valence-corrected chi connectivity index (χ1v) is 5.51. The number of aromatic nitrogens is 1. The van der Waals surface area contributed by atoms with Gasteiger partial charge in [0.05, 0.1) is 0 Å². The molecule has 0 bridgehead atoms. The van der Waals surface area contributed by atoms with E-state index < -0.39 is 5.67 Å². The predicted molar refractivity (Wildman–Crippen MR) is 58.2 cm³/mol. The molecule has 1 aromatic rings. The van der Waals surface area contributed by atoms with E-state index in [1.54, 1.807) is 12.4 Å². The van der Waals surface area contributed by atoms with Crippen molar-refractivity contribution in [3.05, 3.63) is 30.1 Å². The number of nitrogens with zero attached hydrogens (tertiary/aromatic N) is 1. The number of hydrogen-bond acceptors (Lipinski definition) is 2. The van der Waals surface area contributed by atoms with Gasteiger partial charge in [-0.1, -0.05) is 0 Å². The molecular weight excluding hydrogens is 191 g/mol. The van der Waals surface area contributed by atoms with Crippen LogP contribution in [0.15, 0.2) is 24.5 Å². The van der Waals surface area contributed by atoms with Gasteiger partial charge in [0.25, 0.3) is 0 Å². The van der Waals surface area contributed by atoms with E-state index in [9.17, 15) is 4.39 Å². The Morgan fingerprint density at radius 3 is 2.53 bits per heavy atom. The maximum Gasteiger partial charge on any atom is 0.115 e. The molecule has 2 N–H and O–H groups in total. The molecule has 0 spiro atoms. The molecule has 1 heterocycles. The molecule has 0 aliphatic heterocycles. The molecular formula is C12H17FN2. The molecule has 2 nitrogen and oxygen atoms in total. The molecule has 1 aliphatic rings. The van der Waals surface area contributed by atoms with Crippen molar-refractivity contribution in [1.29, 1.82) is 0 Å². The van der Waals surface area contributed by atoms with Gasteiger partial charge >= 0.3 is 0 Å². The van der Waals surface area contributed by atoms with Crippen molar-refractivity contribution in [2.45, 2.75) is 43.8 Å². The third kappa shape index (κ3) is 2.75. The quantitative estimate of drug-likeness (QED) is 0.809. The normalized spacial score (nSPS) is 31.5. The van der Waals surface area contributed by atoms with Gasteiger partial charge in [0.1, 0.15) is 5.67 Å². The topological polar surface area (TPSA) is 38.9 Å². The fraction of sp³-hybridized carbons (Fsp3) is 0.583. The highest BCUT2D eigenvalue weighted by Crippen LogP contribution is 2.34. The summed E-state index contributed by atoms with van der Waals surface area (Å²) >= 11 is 0. The van der Waals surface area contributed by atoms with Crippen molar-refractivity contribution < 1.29 is 4.39 Å². The Morgan fingerprint density at radius 1 is 1.33 bits per heavy atom. The molecule has 1 aliphatic carbocycles. The van der Waals surface area contributed by atoms with Gasteiger partial charge in [-0.2, -0.15) is 0 Å². The SMILES string of the molecule is NC1CCC(F)(Cc2ccncc2)CC1. The minimum atomic E-state index is -1.04. The summed E-state index contributed by atoms with van der Waals surface area (Å²) in [6, 6.07) is 3.97. The van der Waals surface area contributed by atoms with Gasteiger partial charge in [-0.3, -0.25) is 4.98 Å². The van der Waals surface area contributed by atoms with Gasteiger partial charge in [-0.05, 0) is 43.4 Å². The molecule has 82 valence electrons. The number of pyridine rings is 1. The summed E-state index contributed by atoms with van der Waals surface area (Å²) in [5, 5.41) is 0. The van der Waals surface area contributed by atoms with Crippen LogP contribution in [0.5, 0.6) is 0 Å². The van der Waals surface area contributed by atoms with E-state index in [0.717, 1.165) is 18.4 Å². The zero-order chi connectivity index (χ0) is 10.7. The highest BCUT2D eigenvalue weighted by atomic mass is 19.1. The minimum Gasteiger partial charge on any atom is -0.328 e. The van der Waals surface area contributed by atoms with E-state index in [0.29, 0.717) is 19.3 Å². The number of halogens is 1. The van der Waals surface area contributed by atoms with Crippen LogP contribution in [0.1, 0.15) is 31.2 Å². The predicted octanol–water partition coefficient (Wildman–Crippen LogP) is 2.23. The lowest BCUT2D eigenvalue weighted by molar-refractivity contribution is 0.0995. The number of alkyl halides is 1. The highest BCUT2D eigenvalue weighted by molar-refractivity contribution is 5.13. The monoisotopic (exact) mass is 208 g/mol. The Morgan fingerprint density at radius 2 is 1.93 bits per heavy atom. The lowest BCUT2D eigenvalue weighted by Gasteiger charge is -2.32. The van der Waals surface area contributed by atoms with Gasteiger partial charge < -0.3 is 5.73 Å². The summed E-state index contributed by atoms with van der Waals surface area (Å²) in [6.07, 6.45) is 6.74. The molecule has 1 fully saturated rings. The summed E-state index contributed by atoms with van der Waals surface area (Å²) in [6.45, 7) is 0. The van der Waals surface area contributed by atoms with Gasteiger partial charge in [-0.25, -0.2) is 4.39 Å². The van der Waals surface area contributed by atoms with Crippen LogP contribution in [0.25, 0.3) is 0 Å². The van der Waals surface area contributed by atoms with E-state index in [1.807, 2.05) is 12.1 Å². The summed E-state index contributed by atoms with van der Waals surface area (Å²) in [4.78, 5) is 3.93. The number of rotatable bonds is 2. The largest absolute Gasteiger partial charge is 0.328 e. The smallest absolute Gasteiger partial charge is 0.115 e. The van der Waals surface area contributed by atoms with E-state index in [2.05, 4.69) is 4.98 Å². The summed E-state index contributed by atoms with van der Waals surface area (Å²) < 4.78 is 14.4. The molecule has 0 unspecified atom stereocenters. The van der Waals surface area contributed by atoms with Crippen LogP contribution in [0.2, 0.25) is 0 Å². The lowest BCUT2D eigenvalue weighted by Crippen LogP contribution is -2.37. The molecule has 1 saturated carbocycles. The molecule has 0 atom stereocenters. The maximum atomic E-state index is 14.4. The molecule has 2 rings (SSSR count). The minimum absolute atomic E-state index is 0.200. The van der Waals surface area contributed by atoms with Crippen molar-refractivity contribution in [2.75, 3.05) is 0 Å². The fourth-order valence-corrected chi connectivity index (χ4v) is 2.20. The summed E-state index contributed by atoms with van der Waals surface area (Å²) in [5.41, 5.74) is 5.76. The van der Waals surface area contributed by atoms with Crippen molar-refractivity contribution >= 4 is 0 Å². The van der Waals surface area contributed by atoms with E-state index in [-0.39, 0.29) is 6.04 Å². The van der Waals surface area contributed by atoms with Crippen LogP contribution in [-0.2, 0) is 6.42 Å². The van der Waals surface area contributed by atoms with Crippen LogP contribution in [-0.4, -0.2) is 16.7 Å². The van der Waals surface area contributed by atoms with Crippen molar-refractivity contribution in [3.63, 3.8) is 0 Å². The second-order valence-corrected chi connectivity index (χ2v) is 4.52. The summed E-state index contributed by atoms with van der Waals surface area (Å²) in [5.74, 6) is 0. The molecule has 0 radical (unpaired) electrons.